The number of sulfone groups is 1. The highest BCUT2D eigenvalue weighted by molar-refractivity contribution is 7.90. The molecule has 0 spiro atoms. The highest BCUT2D eigenvalue weighted by atomic mass is 32.2. The summed E-state index contributed by atoms with van der Waals surface area (Å²) in [7, 11) is -1.79. The largest absolute Gasteiger partial charge is 0.481 e. The average Bonchev–Trinajstić information content (AvgIpc) is 2.03. The van der Waals surface area contributed by atoms with E-state index in [1.807, 2.05) is 0 Å². The Kier molecular flexibility index (Phi) is 2.32. The van der Waals surface area contributed by atoms with E-state index < -0.39 is 9.84 Å². The summed E-state index contributed by atoms with van der Waals surface area (Å²) >= 11 is 0. The lowest BCUT2D eigenvalue weighted by Crippen LogP contribution is -2.01. The highest BCUT2D eigenvalue weighted by Gasteiger charge is 2.08. The predicted molar refractivity (Wildman–Crippen MR) is 43.9 cm³/mol. The van der Waals surface area contributed by atoms with Gasteiger partial charge in [0.05, 0.1) is 7.11 Å². The van der Waals surface area contributed by atoms with Gasteiger partial charge in [0, 0.05) is 12.3 Å². The fourth-order valence-electron chi connectivity index (χ4n) is 0.716. The maximum Gasteiger partial charge on any atom is 0.214 e. The molecule has 12 heavy (non-hydrogen) atoms. The van der Waals surface area contributed by atoms with E-state index in [-0.39, 0.29) is 5.03 Å². The second-order valence-corrected chi connectivity index (χ2v) is 4.25. The number of rotatable bonds is 2. The minimum Gasteiger partial charge on any atom is -0.481 e. The van der Waals surface area contributed by atoms with Crippen LogP contribution in [-0.4, -0.2) is 26.8 Å². The summed E-state index contributed by atoms with van der Waals surface area (Å²) in [4.78, 5) is 3.75. The zero-order valence-electron chi connectivity index (χ0n) is 6.81. The van der Waals surface area contributed by atoms with Crippen molar-refractivity contribution >= 4 is 9.84 Å². The van der Waals surface area contributed by atoms with E-state index >= 15 is 0 Å². The first-order valence-corrected chi connectivity index (χ1v) is 5.14. The molecular formula is C7H9NO3S. The van der Waals surface area contributed by atoms with E-state index in [2.05, 4.69) is 4.98 Å². The fraction of sp³-hybridized carbons (Fsp3) is 0.286. The number of hydrogen-bond donors (Lipinski definition) is 0. The summed E-state index contributed by atoms with van der Waals surface area (Å²) in [5, 5.41) is 0.0295. The van der Waals surface area contributed by atoms with Gasteiger partial charge in [-0.25, -0.2) is 13.4 Å². The van der Waals surface area contributed by atoms with Crippen LogP contribution < -0.4 is 4.74 Å². The van der Waals surface area contributed by atoms with Crippen LogP contribution in [0.4, 0.5) is 0 Å². The minimum atomic E-state index is -3.23. The van der Waals surface area contributed by atoms with Gasteiger partial charge in [-0.15, -0.1) is 0 Å². The van der Waals surface area contributed by atoms with Crippen LogP contribution >= 0.6 is 0 Å². The Bertz CT molecular complexity index is 372. The molecule has 0 atom stereocenters. The summed E-state index contributed by atoms with van der Waals surface area (Å²) in [6.45, 7) is 0. The zero-order chi connectivity index (χ0) is 9.19. The molecule has 0 radical (unpaired) electrons. The Balaban J connectivity index is 3.20. The smallest absolute Gasteiger partial charge is 0.214 e. The Morgan fingerprint density at radius 2 is 2.08 bits per heavy atom. The Hall–Kier alpha value is -1.10. The van der Waals surface area contributed by atoms with Crippen molar-refractivity contribution in [3.63, 3.8) is 0 Å². The average molecular weight is 187 g/mol. The molecule has 0 fully saturated rings. The number of hydrogen-bond acceptors (Lipinski definition) is 4. The molecule has 0 N–H and O–H groups in total. The highest BCUT2D eigenvalue weighted by Crippen LogP contribution is 2.10. The van der Waals surface area contributed by atoms with Gasteiger partial charge in [-0.3, -0.25) is 0 Å². The van der Waals surface area contributed by atoms with Crippen LogP contribution in [0.15, 0.2) is 23.2 Å². The predicted octanol–water partition coefficient (Wildman–Crippen LogP) is 0.494. The number of nitrogens with zero attached hydrogens (tertiary/aromatic N) is 1. The van der Waals surface area contributed by atoms with E-state index in [1.165, 1.54) is 13.2 Å². The van der Waals surface area contributed by atoms with Gasteiger partial charge in [0.25, 0.3) is 0 Å². The summed E-state index contributed by atoms with van der Waals surface area (Å²) in [6.07, 6.45) is 1.11. The molecule has 1 heterocycles. The monoisotopic (exact) mass is 187 g/mol. The van der Waals surface area contributed by atoms with Gasteiger partial charge in [0.2, 0.25) is 5.88 Å². The Morgan fingerprint density at radius 3 is 2.58 bits per heavy atom. The third-order valence-electron chi connectivity index (χ3n) is 1.29. The van der Waals surface area contributed by atoms with E-state index in [9.17, 15) is 8.42 Å². The van der Waals surface area contributed by atoms with Crippen molar-refractivity contribution < 1.29 is 13.2 Å². The molecule has 0 bridgehead atoms. The van der Waals surface area contributed by atoms with Gasteiger partial charge < -0.3 is 4.74 Å². The van der Waals surface area contributed by atoms with Gasteiger partial charge >= 0.3 is 0 Å². The standard InChI is InChI=1S/C7H9NO3S/c1-11-6-4-3-5-7(8-6)12(2,9)10/h3-5H,1-2H3. The summed E-state index contributed by atoms with van der Waals surface area (Å²) < 4.78 is 26.7. The normalized spacial score (nSPS) is 11.2. The lowest BCUT2D eigenvalue weighted by molar-refractivity contribution is 0.394. The summed E-state index contributed by atoms with van der Waals surface area (Å²) in [5.41, 5.74) is 0. The van der Waals surface area contributed by atoms with Crippen LogP contribution in [-0.2, 0) is 9.84 Å². The Morgan fingerprint density at radius 1 is 1.42 bits per heavy atom. The molecule has 66 valence electrons. The lowest BCUT2D eigenvalue weighted by Gasteiger charge is -1.99. The first-order valence-electron chi connectivity index (χ1n) is 3.25. The van der Waals surface area contributed by atoms with E-state index in [4.69, 9.17) is 4.74 Å². The molecule has 0 aromatic carbocycles. The molecule has 0 aliphatic heterocycles. The molecule has 4 nitrogen and oxygen atoms in total. The Labute approximate surface area is 71.1 Å². The topological polar surface area (TPSA) is 56.3 Å². The molecule has 0 saturated carbocycles. The molecule has 0 aliphatic carbocycles. The van der Waals surface area contributed by atoms with Crippen molar-refractivity contribution in [1.82, 2.24) is 4.98 Å². The van der Waals surface area contributed by atoms with Crippen LogP contribution in [0.2, 0.25) is 0 Å². The van der Waals surface area contributed by atoms with E-state index in [1.54, 1.807) is 12.1 Å². The maximum absolute atomic E-state index is 11.0. The van der Waals surface area contributed by atoms with Crippen LogP contribution in [0.5, 0.6) is 5.88 Å². The second kappa shape index (κ2) is 3.10. The van der Waals surface area contributed by atoms with E-state index in [0.717, 1.165) is 6.26 Å². The number of aromatic nitrogens is 1. The third-order valence-corrected chi connectivity index (χ3v) is 2.27. The maximum atomic E-state index is 11.0. The lowest BCUT2D eigenvalue weighted by atomic mass is 10.5. The van der Waals surface area contributed by atoms with Gasteiger partial charge in [-0.1, -0.05) is 6.07 Å². The number of ether oxygens (including phenoxy) is 1. The summed E-state index contributed by atoms with van der Waals surface area (Å²) in [6, 6.07) is 4.61. The quantitative estimate of drug-likeness (QED) is 0.676. The molecule has 5 heteroatoms. The molecule has 1 aromatic rings. The van der Waals surface area contributed by atoms with E-state index in [0.29, 0.717) is 5.88 Å². The number of methoxy groups -OCH3 is 1. The molecule has 0 aliphatic rings. The third kappa shape index (κ3) is 1.94. The SMILES string of the molecule is COc1cccc(S(C)(=O)=O)n1. The molecule has 0 saturated heterocycles. The van der Waals surface area contributed by atoms with Crippen LogP contribution in [0.3, 0.4) is 0 Å². The van der Waals surface area contributed by atoms with Crippen molar-refractivity contribution in [1.29, 1.82) is 0 Å². The van der Waals surface area contributed by atoms with Gasteiger partial charge in [-0.05, 0) is 6.07 Å². The van der Waals surface area contributed by atoms with Gasteiger partial charge in [-0.2, -0.15) is 0 Å². The van der Waals surface area contributed by atoms with Crippen LogP contribution in [0.1, 0.15) is 0 Å². The van der Waals surface area contributed by atoms with Crippen LogP contribution in [0, 0.1) is 0 Å². The van der Waals surface area contributed by atoms with Crippen molar-refractivity contribution in [2.24, 2.45) is 0 Å². The second-order valence-electron chi connectivity index (χ2n) is 2.29. The number of pyridine rings is 1. The van der Waals surface area contributed by atoms with Crippen LogP contribution in [0.25, 0.3) is 0 Å². The van der Waals surface area contributed by atoms with Gasteiger partial charge in [0.15, 0.2) is 14.9 Å². The van der Waals surface area contributed by atoms with Crippen molar-refractivity contribution in [3.05, 3.63) is 18.2 Å². The van der Waals surface area contributed by atoms with Gasteiger partial charge in [0.1, 0.15) is 0 Å². The molecule has 1 rings (SSSR count). The van der Waals surface area contributed by atoms with Crippen molar-refractivity contribution in [3.8, 4) is 5.88 Å². The van der Waals surface area contributed by atoms with Crippen molar-refractivity contribution in [2.75, 3.05) is 13.4 Å². The minimum absolute atomic E-state index is 0.0295. The molecule has 0 unspecified atom stereocenters. The summed E-state index contributed by atoms with van der Waals surface area (Å²) in [5.74, 6) is 0.304. The first-order chi connectivity index (χ1) is 5.54. The first kappa shape index (κ1) is 8.99. The fourth-order valence-corrected chi connectivity index (χ4v) is 1.30. The molecule has 1 aromatic heterocycles. The molecule has 0 amide bonds. The van der Waals surface area contributed by atoms with Crippen molar-refractivity contribution in [2.45, 2.75) is 5.03 Å². The molecular weight excluding hydrogens is 178 g/mol. The zero-order valence-corrected chi connectivity index (χ0v) is 7.63.